The maximum Gasteiger partial charge on any atom is 0.295 e. The number of carbonyl (C=O) groups excluding carboxylic acids is 1. The summed E-state index contributed by atoms with van der Waals surface area (Å²) in [6.07, 6.45) is 3.02. The molecule has 1 N–H and O–H groups in total. The molecule has 6 nitrogen and oxygen atoms in total. The van der Waals surface area contributed by atoms with Crippen molar-refractivity contribution in [2.24, 2.45) is 0 Å². The molecular weight excluding hydrogens is 232 g/mol. The summed E-state index contributed by atoms with van der Waals surface area (Å²) in [4.78, 5) is 18.1. The molecular formula is C12H20N4O2. The number of nitrogens with zero attached hydrogens (tertiary/aromatic N) is 3. The first-order chi connectivity index (χ1) is 8.76. The van der Waals surface area contributed by atoms with Crippen LogP contribution in [0.3, 0.4) is 0 Å². The highest BCUT2D eigenvalue weighted by Gasteiger charge is 2.25. The Bertz CT molecular complexity index is 399. The van der Waals surface area contributed by atoms with Crippen molar-refractivity contribution >= 4 is 5.91 Å². The van der Waals surface area contributed by atoms with Crippen molar-refractivity contribution in [2.75, 3.05) is 19.6 Å². The Labute approximate surface area is 107 Å². The van der Waals surface area contributed by atoms with Crippen LogP contribution in [0.15, 0.2) is 4.52 Å². The van der Waals surface area contributed by atoms with Gasteiger partial charge in [-0.15, -0.1) is 0 Å². The molecule has 6 heteroatoms. The maximum atomic E-state index is 12.1. The zero-order chi connectivity index (χ0) is 13.0. The van der Waals surface area contributed by atoms with Crippen LogP contribution in [-0.2, 0) is 0 Å². The molecule has 1 aromatic rings. The third kappa shape index (κ3) is 2.69. The molecule has 1 saturated heterocycles. The van der Waals surface area contributed by atoms with Crippen LogP contribution in [0.1, 0.15) is 55.7 Å². The summed E-state index contributed by atoms with van der Waals surface area (Å²) in [5, 5.41) is 7.07. The van der Waals surface area contributed by atoms with Gasteiger partial charge in [-0.05, 0) is 32.7 Å². The van der Waals surface area contributed by atoms with Gasteiger partial charge in [0.05, 0.1) is 6.04 Å². The van der Waals surface area contributed by atoms with Gasteiger partial charge in [-0.2, -0.15) is 4.98 Å². The van der Waals surface area contributed by atoms with Gasteiger partial charge in [0, 0.05) is 13.1 Å². The van der Waals surface area contributed by atoms with E-state index >= 15 is 0 Å². The third-order valence-electron chi connectivity index (χ3n) is 3.15. The minimum Gasteiger partial charge on any atom is -0.337 e. The molecule has 2 rings (SSSR count). The normalized spacial score (nSPS) is 19.1. The molecule has 1 amide bonds. The Hall–Kier alpha value is -1.43. The van der Waals surface area contributed by atoms with Gasteiger partial charge in [0.2, 0.25) is 5.89 Å². The molecule has 1 fully saturated rings. The Morgan fingerprint density at radius 2 is 2.39 bits per heavy atom. The van der Waals surface area contributed by atoms with Crippen LogP contribution in [0.4, 0.5) is 0 Å². The summed E-state index contributed by atoms with van der Waals surface area (Å²) < 4.78 is 5.17. The Kier molecular flexibility index (Phi) is 4.30. The summed E-state index contributed by atoms with van der Waals surface area (Å²) in [6.45, 7) is 6.35. The molecule has 1 unspecified atom stereocenters. The van der Waals surface area contributed by atoms with Crippen molar-refractivity contribution in [1.29, 1.82) is 0 Å². The second-order valence-electron chi connectivity index (χ2n) is 4.49. The average Bonchev–Trinajstić information content (AvgIpc) is 3.04. The Morgan fingerprint density at radius 1 is 1.56 bits per heavy atom. The summed E-state index contributed by atoms with van der Waals surface area (Å²) in [7, 11) is 0. The van der Waals surface area contributed by atoms with Crippen LogP contribution in [-0.4, -0.2) is 40.6 Å². The molecule has 0 aromatic carbocycles. The van der Waals surface area contributed by atoms with Gasteiger partial charge in [0.1, 0.15) is 0 Å². The van der Waals surface area contributed by atoms with Crippen molar-refractivity contribution in [2.45, 2.75) is 39.2 Å². The molecule has 0 spiro atoms. The van der Waals surface area contributed by atoms with Crippen molar-refractivity contribution in [1.82, 2.24) is 20.4 Å². The molecule has 18 heavy (non-hydrogen) atoms. The van der Waals surface area contributed by atoms with Gasteiger partial charge in [-0.3, -0.25) is 4.79 Å². The quantitative estimate of drug-likeness (QED) is 0.857. The highest BCUT2D eigenvalue weighted by atomic mass is 16.5. The lowest BCUT2D eigenvalue weighted by Gasteiger charge is -2.17. The number of hydrogen-bond acceptors (Lipinski definition) is 5. The maximum absolute atomic E-state index is 12.1. The van der Waals surface area contributed by atoms with Gasteiger partial charge in [0.15, 0.2) is 0 Å². The van der Waals surface area contributed by atoms with Crippen molar-refractivity contribution < 1.29 is 9.32 Å². The van der Waals surface area contributed by atoms with Gasteiger partial charge >= 0.3 is 0 Å². The first kappa shape index (κ1) is 13.0. The van der Waals surface area contributed by atoms with E-state index in [1.54, 1.807) is 4.90 Å². The first-order valence-electron chi connectivity index (χ1n) is 6.62. The van der Waals surface area contributed by atoms with Gasteiger partial charge in [-0.1, -0.05) is 12.1 Å². The lowest BCUT2D eigenvalue weighted by Crippen LogP contribution is -2.32. The molecule has 0 aliphatic carbocycles. The molecule has 100 valence electrons. The zero-order valence-electron chi connectivity index (χ0n) is 11.0. The Morgan fingerprint density at radius 3 is 3.00 bits per heavy atom. The van der Waals surface area contributed by atoms with E-state index < -0.39 is 0 Å². The average molecular weight is 252 g/mol. The smallest absolute Gasteiger partial charge is 0.295 e. The molecule has 1 aliphatic heterocycles. The van der Waals surface area contributed by atoms with Gasteiger partial charge in [0.25, 0.3) is 11.7 Å². The molecule has 1 aliphatic rings. The number of amides is 1. The summed E-state index contributed by atoms with van der Waals surface area (Å²) in [6, 6.07) is 0.111. The predicted molar refractivity (Wildman–Crippen MR) is 66.1 cm³/mol. The predicted octanol–water partition coefficient (Wildman–Crippen LogP) is 1.37. The van der Waals surface area contributed by atoms with E-state index in [-0.39, 0.29) is 17.8 Å². The standard InChI is InChI=1S/C12H20N4O2/c1-3-8-16(4-2)12(17)10-14-11(18-15-10)9-6-5-7-13-9/h9,13H,3-8H2,1-2H3. The lowest BCUT2D eigenvalue weighted by molar-refractivity contribution is 0.0749. The monoisotopic (exact) mass is 252 g/mol. The van der Waals surface area contributed by atoms with Crippen molar-refractivity contribution in [3.8, 4) is 0 Å². The number of aromatic nitrogens is 2. The fraction of sp³-hybridized carbons (Fsp3) is 0.750. The van der Waals surface area contributed by atoms with Crippen molar-refractivity contribution in [3.63, 3.8) is 0 Å². The number of carbonyl (C=O) groups is 1. The van der Waals surface area contributed by atoms with E-state index in [2.05, 4.69) is 15.5 Å². The third-order valence-corrected chi connectivity index (χ3v) is 3.15. The molecule has 2 heterocycles. The van der Waals surface area contributed by atoms with Crippen LogP contribution in [0.2, 0.25) is 0 Å². The molecule has 0 radical (unpaired) electrons. The van der Waals surface area contributed by atoms with Gasteiger partial charge < -0.3 is 14.7 Å². The Balaban J connectivity index is 2.06. The largest absolute Gasteiger partial charge is 0.337 e. The zero-order valence-corrected chi connectivity index (χ0v) is 11.0. The second kappa shape index (κ2) is 5.95. The van der Waals surface area contributed by atoms with Crippen LogP contribution in [0.5, 0.6) is 0 Å². The fourth-order valence-electron chi connectivity index (χ4n) is 2.17. The minimum atomic E-state index is -0.146. The van der Waals surface area contributed by atoms with E-state index in [4.69, 9.17) is 4.52 Å². The summed E-state index contributed by atoms with van der Waals surface area (Å²) >= 11 is 0. The molecule has 1 aromatic heterocycles. The van der Waals surface area contributed by atoms with Crippen LogP contribution < -0.4 is 5.32 Å². The van der Waals surface area contributed by atoms with Crippen LogP contribution >= 0.6 is 0 Å². The topological polar surface area (TPSA) is 71.3 Å². The van der Waals surface area contributed by atoms with Crippen LogP contribution in [0, 0.1) is 0 Å². The molecule has 1 atom stereocenters. The van der Waals surface area contributed by atoms with E-state index in [0.29, 0.717) is 12.4 Å². The molecule has 0 bridgehead atoms. The lowest BCUT2D eigenvalue weighted by atomic mass is 10.2. The first-order valence-corrected chi connectivity index (χ1v) is 6.62. The number of hydrogen-bond donors (Lipinski definition) is 1. The van der Waals surface area contributed by atoms with Gasteiger partial charge in [-0.25, -0.2) is 0 Å². The highest BCUT2D eigenvalue weighted by Crippen LogP contribution is 2.21. The van der Waals surface area contributed by atoms with Crippen LogP contribution in [0.25, 0.3) is 0 Å². The number of rotatable bonds is 5. The van der Waals surface area contributed by atoms with E-state index in [1.807, 2.05) is 13.8 Å². The molecule has 0 saturated carbocycles. The van der Waals surface area contributed by atoms with Crippen molar-refractivity contribution in [3.05, 3.63) is 11.7 Å². The van der Waals surface area contributed by atoms with E-state index in [9.17, 15) is 4.79 Å². The minimum absolute atomic E-state index is 0.111. The summed E-state index contributed by atoms with van der Waals surface area (Å²) in [5.74, 6) is 0.560. The highest BCUT2D eigenvalue weighted by molar-refractivity contribution is 5.90. The summed E-state index contributed by atoms with van der Waals surface area (Å²) in [5.41, 5.74) is 0. The fourth-order valence-corrected chi connectivity index (χ4v) is 2.17. The van der Waals surface area contributed by atoms with E-state index in [0.717, 1.165) is 32.4 Å². The number of nitrogens with one attached hydrogen (secondary N) is 1. The van der Waals surface area contributed by atoms with E-state index in [1.165, 1.54) is 0 Å². The second-order valence-corrected chi connectivity index (χ2v) is 4.49. The SMILES string of the molecule is CCCN(CC)C(=O)c1noc(C2CCCN2)n1.